The van der Waals surface area contributed by atoms with E-state index in [0.29, 0.717) is 23.3 Å². The molecule has 7 heteroatoms. The number of aliphatic hydroxyl groups excluding tert-OH is 1. The Bertz CT molecular complexity index is 1290. The van der Waals surface area contributed by atoms with Crippen LogP contribution in [-0.4, -0.2) is 39.7 Å². The third kappa shape index (κ3) is 5.25. The Morgan fingerprint density at radius 2 is 2.06 bits per heavy atom. The number of aromatic amines is 1. The third-order valence-corrected chi connectivity index (χ3v) is 5.97. The molecule has 3 N–H and O–H groups in total. The molecule has 1 aromatic heterocycles. The number of ether oxygens (including phenoxy) is 1. The second-order valence-electron chi connectivity index (χ2n) is 7.94. The Balaban J connectivity index is 0.000000447. The molecule has 33 heavy (non-hydrogen) atoms. The normalized spacial score (nSPS) is 12.0. The average Bonchev–Trinajstić information content (AvgIpc) is 3.20. The molecule has 0 aliphatic carbocycles. The maximum atomic E-state index is 12.9. The molecule has 0 fully saturated rings. The Hall–Kier alpha value is -3.60. The Morgan fingerprint density at radius 1 is 1.27 bits per heavy atom. The zero-order valence-electron chi connectivity index (χ0n) is 18.5. The molecule has 6 nitrogen and oxygen atoms in total. The number of aliphatic hydroxyl groups is 1. The van der Waals surface area contributed by atoms with E-state index >= 15 is 0 Å². The molecule has 0 radical (unpaired) electrons. The first-order valence-corrected chi connectivity index (χ1v) is 11.5. The van der Waals surface area contributed by atoms with Gasteiger partial charge in [0.25, 0.3) is 5.91 Å². The van der Waals surface area contributed by atoms with Crippen LogP contribution in [0.15, 0.2) is 54.9 Å². The standard InChI is InChI=1S/C23H24N2O3.C3HNS/c1-4-16-8-7-10-20(22(16)28-15(2)3)23(27)25-18(14-26)12-17-13-24-21-11-6-5-9-19(17)21;1-2-3(4-1)5-2/h1,5-11,13,15,18,24,26H,12,14H2,2-3H3,(H,25,27);1H/t18-;/m1./s1. The fourth-order valence-corrected chi connectivity index (χ4v) is 3.96. The zero-order chi connectivity index (χ0) is 23.4. The number of hydrogen-bond acceptors (Lipinski definition) is 5. The van der Waals surface area contributed by atoms with Gasteiger partial charge in [-0.3, -0.25) is 4.79 Å². The van der Waals surface area contributed by atoms with Gasteiger partial charge in [0.05, 0.1) is 34.8 Å². The van der Waals surface area contributed by atoms with Gasteiger partial charge in [-0.15, -0.1) is 17.8 Å². The summed E-state index contributed by atoms with van der Waals surface area (Å²) in [6, 6.07) is 12.6. The van der Waals surface area contributed by atoms with E-state index in [2.05, 4.69) is 21.2 Å². The minimum atomic E-state index is -0.437. The highest BCUT2D eigenvalue weighted by molar-refractivity contribution is 7.30. The summed E-state index contributed by atoms with van der Waals surface area (Å²) in [5.74, 6) is 2.62. The number of terminal acetylenes is 1. The van der Waals surface area contributed by atoms with E-state index < -0.39 is 6.04 Å². The second kappa shape index (κ2) is 9.90. The largest absolute Gasteiger partial charge is 0.489 e. The van der Waals surface area contributed by atoms with Crippen molar-refractivity contribution in [1.29, 1.82) is 0 Å². The molecular weight excluding hydrogens is 434 g/mol. The summed E-state index contributed by atoms with van der Waals surface area (Å²) in [6.45, 7) is 3.57. The second-order valence-corrected chi connectivity index (χ2v) is 8.97. The highest BCUT2D eigenvalue weighted by atomic mass is 32.1. The van der Waals surface area contributed by atoms with Crippen LogP contribution < -0.4 is 10.1 Å². The van der Waals surface area contributed by atoms with Crippen molar-refractivity contribution < 1.29 is 14.6 Å². The fraction of sp³-hybridized carbons (Fsp3) is 0.231. The molecule has 0 saturated heterocycles. The van der Waals surface area contributed by atoms with Gasteiger partial charge in [-0.25, -0.2) is 4.98 Å². The lowest BCUT2D eigenvalue weighted by atomic mass is 10.0. The van der Waals surface area contributed by atoms with Crippen LogP contribution in [0.3, 0.4) is 0 Å². The van der Waals surface area contributed by atoms with Gasteiger partial charge in [0.1, 0.15) is 10.8 Å². The maximum Gasteiger partial charge on any atom is 0.255 e. The topological polar surface area (TPSA) is 87.2 Å². The molecule has 3 aromatic rings. The minimum Gasteiger partial charge on any atom is -0.489 e. The zero-order valence-corrected chi connectivity index (χ0v) is 19.3. The van der Waals surface area contributed by atoms with Crippen molar-refractivity contribution >= 4 is 28.1 Å². The molecule has 5 rings (SSSR count). The summed E-state index contributed by atoms with van der Waals surface area (Å²) >= 11 is 1.77. The van der Waals surface area contributed by atoms with E-state index in [1.54, 1.807) is 29.5 Å². The quantitative estimate of drug-likeness (QED) is 0.315. The predicted molar refractivity (Wildman–Crippen MR) is 132 cm³/mol. The molecule has 0 unspecified atom stereocenters. The van der Waals surface area contributed by atoms with Crippen molar-refractivity contribution in [3.05, 3.63) is 71.5 Å². The van der Waals surface area contributed by atoms with Crippen LogP contribution in [0.25, 0.3) is 20.8 Å². The van der Waals surface area contributed by atoms with Gasteiger partial charge >= 0.3 is 0 Å². The van der Waals surface area contributed by atoms with Crippen molar-refractivity contribution in [1.82, 2.24) is 15.3 Å². The predicted octanol–water partition coefficient (Wildman–Crippen LogP) is 4.39. The van der Waals surface area contributed by atoms with Crippen molar-refractivity contribution in [2.45, 2.75) is 32.4 Å². The number of carbonyl (C=O) groups is 1. The van der Waals surface area contributed by atoms with Crippen LogP contribution in [-0.2, 0) is 6.42 Å². The smallest absolute Gasteiger partial charge is 0.255 e. The summed E-state index contributed by atoms with van der Waals surface area (Å²) in [4.78, 5) is 21.4. The Morgan fingerprint density at radius 3 is 2.67 bits per heavy atom. The van der Waals surface area contributed by atoms with Gasteiger partial charge in [0.15, 0.2) is 0 Å². The van der Waals surface area contributed by atoms with Crippen LogP contribution in [0, 0.1) is 12.3 Å². The van der Waals surface area contributed by atoms with Gasteiger partial charge in [-0.1, -0.05) is 30.2 Å². The number of fused-ring (bicyclic) bond motifs is 2. The van der Waals surface area contributed by atoms with E-state index in [1.165, 1.54) is 9.88 Å². The number of benzene rings is 2. The van der Waals surface area contributed by atoms with Crippen LogP contribution in [0.1, 0.15) is 35.3 Å². The molecular formula is C26H25N3O3S. The molecule has 0 saturated carbocycles. The number of para-hydroxylation sites is 2. The van der Waals surface area contributed by atoms with E-state index in [4.69, 9.17) is 11.2 Å². The number of carbonyl (C=O) groups excluding carboxylic acids is 1. The number of rotatable bonds is 7. The number of amides is 1. The number of nitrogens with one attached hydrogen (secondary N) is 2. The number of thiazole rings is 1. The van der Waals surface area contributed by atoms with Crippen molar-refractivity contribution in [2.75, 3.05) is 6.61 Å². The maximum absolute atomic E-state index is 12.9. The van der Waals surface area contributed by atoms with Crippen molar-refractivity contribution in [3.63, 3.8) is 0 Å². The van der Waals surface area contributed by atoms with E-state index in [-0.39, 0.29) is 18.6 Å². The highest BCUT2D eigenvalue weighted by Crippen LogP contribution is 2.42. The van der Waals surface area contributed by atoms with Gasteiger partial charge in [0.2, 0.25) is 0 Å². The van der Waals surface area contributed by atoms with Crippen molar-refractivity contribution in [3.8, 4) is 28.0 Å². The monoisotopic (exact) mass is 459 g/mol. The van der Waals surface area contributed by atoms with E-state index in [0.717, 1.165) is 16.5 Å². The summed E-state index contributed by atoms with van der Waals surface area (Å²) in [5, 5.41) is 15.1. The number of hydrogen-bond donors (Lipinski definition) is 3. The molecule has 1 atom stereocenters. The van der Waals surface area contributed by atoms with Gasteiger partial charge in [0, 0.05) is 23.3 Å². The lowest BCUT2D eigenvalue weighted by molar-refractivity contribution is 0.0910. The summed E-state index contributed by atoms with van der Waals surface area (Å²) in [6.07, 6.45) is 9.74. The molecule has 0 bridgehead atoms. The van der Waals surface area contributed by atoms with Crippen LogP contribution >= 0.6 is 11.3 Å². The summed E-state index contributed by atoms with van der Waals surface area (Å²) in [7, 11) is 0. The average molecular weight is 460 g/mol. The lowest BCUT2D eigenvalue weighted by Gasteiger charge is -2.19. The molecule has 1 amide bonds. The molecule has 2 aliphatic rings. The number of H-pyrrole nitrogens is 1. The summed E-state index contributed by atoms with van der Waals surface area (Å²) < 4.78 is 5.80. The van der Waals surface area contributed by atoms with Gasteiger partial charge < -0.3 is 20.1 Å². The van der Waals surface area contributed by atoms with Crippen LogP contribution in [0.2, 0.25) is 0 Å². The first kappa shape index (κ1) is 22.6. The SMILES string of the molecule is C#Cc1cccc(C(=O)N[C@@H](CO)Cc2c[nH]c3ccccc23)c1OC(C)C.c1nc2sc1-2. The number of nitrogens with zero attached hydrogens (tertiary/aromatic N) is 1. The fourth-order valence-electron chi connectivity index (χ4n) is 3.48. The number of aromatic nitrogens is 2. The van der Waals surface area contributed by atoms with Gasteiger partial charge in [-0.2, -0.15) is 0 Å². The molecule has 2 aromatic carbocycles. The Labute approximate surface area is 196 Å². The highest BCUT2D eigenvalue weighted by Gasteiger charge is 2.21. The molecule has 0 spiro atoms. The lowest BCUT2D eigenvalue weighted by Crippen LogP contribution is -2.39. The third-order valence-electron chi connectivity index (χ3n) is 5.14. The Kier molecular flexibility index (Phi) is 6.78. The van der Waals surface area contributed by atoms with Crippen LogP contribution in [0.5, 0.6) is 5.75 Å². The molecule has 3 heterocycles. The van der Waals surface area contributed by atoms with E-state index in [9.17, 15) is 9.90 Å². The van der Waals surface area contributed by atoms with E-state index in [1.807, 2.05) is 50.5 Å². The van der Waals surface area contributed by atoms with Crippen molar-refractivity contribution in [2.24, 2.45) is 0 Å². The molecule has 168 valence electrons. The summed E-state index contributed by atoms with van der Waals surface area (Å²) in [5.41, 5.74) is 2.95. The molecule has 2 aliphatic heterocycles. The first-order valence-electron chi connectivity index (χ1n) is 10.7. The first-order chi connectivity index (χ1) is 16.0. The van der Waals surface area contributed by atoms with Gasteiger partial charge in [-0.05, 0) is 44.0 Å². The van der Waals surface area contributed by atoms with Crippen LogP contribution in [0.4, 0.5) is 0 Å². The minimum absolute atomic E-state index is 0.124.